The van der Waals surface area contributed by atoms with Gasteiger partial charge in [0.2, 0.25) is 5.82 Å². The number of hydrogen-bond acceptors (Lipinski definition) is 8. The summed E-state index contributed by atoms with van der Waals surface area (Å²) in [5.74, 6) is -0.973. The summed E-state index contributed by atoms with van der Waals surface area (Å²) in [6.07, 6.45) is -0.0795. The van der Waals surface area contributed by atoms with Gasteiger partial charge in [0.15, 0.2) is 0 Å². The summed E-state index contributed by atoms with van der Waals surface area (Å²) in [5, 5.41) is 19.0. The number of esters is 2. The molecule has 11 heteroatoms. The van der Waals surface area contributed by atoms with Gasteiger partial charge in [-0.3, -0.25) is 14.4 Å². The van der Waals surface area contributed by atoms with Gasteiger partial charge < -0.3 is 19.4 Å². The van der Waals surface area contributed by atoms with Crippen LogP contribution in [0.3, 0.4) is 0 Å². The fourth-order valence-electron chi connectivity index (χ4n) is 4.63. The Kier molecular flexibility index (Phi) is 7.30. The molecule has 0 saturated heterocycles. The van der Waals surface area contributed by atoms with Crippen molar-refractivity contribution < 1.29 is 23.9 Å². The third kappa shape index (κ3) is 5.33. The summed E-state index contributed by atoms with van der Waals surface area (Å²) < 4.78 is 11.9. The van der Waals surface area contributed by atoms with Crippen LogP contribution in [0.15, 0.2) is 60.7 Å². The largest absolute Gasteiger partial charge is 0.468 e. The zero-order valence-corrected chi connectivity index (χ0v) is 21.4. The first-order valence-corrected chi connectivity index (χ1v) is 12.4. The number of amides is 1. The number of tetrazole rings is 1. The van der Waals surface area contributed by atoms with Gasteiger partial charge in [0.1, 0.15) is 6.54 Å². The highest BCUT2D eigenvalue weighted by Crippen LogP contribution is 2.32. The second-order valence-corrected chi connectivity index (χ2v) is 8.80. The van der Waals surface area contributed by atoms with E-state index in [1.807, 2.05) is 42.5 Å². The number of aromatic nitrogens is 5. The zero-order valence-electron chi connectivity index (χ0n) is 21.4. The Hall–Kier alpha value is -5.06. The molecule has 0 unspecified atom stereocenters. The summed E-state index contributed by atoms with van der Waals surface area (Å²) in [5.41, 5.74) is 4.58. The number of benzene rings is 3. The maximum absolute atomic E-state index is 12.8. The summed E-state index contributed by atoms with van der Waals surface area (Å²) in [7, 11) is 1.25. The lowest BCUT2D eigenvalue weighted by Crippen LogP contribution is -2.31. The summed E-state index contributed by atoms with van der Waals surface area (Å²) in [4.78, 5) is 36.7. The normalized spacial score (nSPS) is 11.0. The molecule has 3 aromatic carbocycles. The van der Waals surface area contributed by atoms with Crippen molar-refractivity contribution in [1.29, 1.82) is 0 Å². The van der Waals surface area contributed by atoms with Gasteiger partial charge in [0.25, 0.3) is 5.91 Å². The Bertz CT molecular complexity index is 1680. The summed E-state index contributed by atoms with van der Waals surface area (Å²) in [6.45, 7) is 2.18. The summed E-state index contributed by atoms with van der Waals surface area (Å²) in [6, 6.07) is 19.4. The van der Waals surface area contributed by atoms with E-state index in [0.717, 1.165) is 32.9 Å². The van der Waals surface area contributed by atoms with Crippen LogP contribution in [-0.2, 0) is 32.0 Å². The molecule has 5 rings (SSSR count). The van der Waals surface area contributed by atoms with E-state index in [1.165, 1.54) is 7.11 Å². The van der Waals surface area contributed by atoms with Crippen molar-refractivity contribution in [3.05, 3.63) is 77.4 Å². The minimum atomic E-state index is -0.569. The van der Waals surface area contributed by atoms with Crippen LogP contribution >= 0.6 is 0 Å². The molecule has 2 N–H and O–H groups in total. The van der Waals surface area contributed by atoms with Crippen LogP contribution in [-0.4, -0.2) is 63.3 Å². The number of fused-ring (bicyclic) bond motifs is 3. The minimum absolute atomic E-state index is 0.0795. The topological polar surface area (TPSA) is 141 Å². The monoisotopic (exact) mass is 526 g/mol. The number of hydrogen-bond donors (Lipinski definition) is 2. The number of nitrogens with one attached hydrogen (secondary N) is 2. The van der Waals surface area contributed by atoms with E-state index in [2.05, 4.69) is 47.4 Å². The lowest BCUT2D eigenvalue weighted by atomic mass is 10.00. The highest BCUT2D eigenvalue weighted by Gasteiger charge is 2.18. The number of ether oxygens (including phenoxy) is 2. The van der Waals surface area contributed by atoms with Crippen molar-refractivity contribution in [1.82, 2.24) is 30.5 Å². The number of H-pyrrole nitrogens is 1. The minimum Gasteiger partial charge on any atom is -0.468 e. The average Bonchev–Trinajstić information content (AvgIpc) is 3.59. The van der Waals surface area contributed by atoms with E-state index in [9.17, 15) is 14.4 Å². The van der Waals surface area contributed by atoms with Gasteiger partial charge in [0, 0.05) is 39.5 Å². The number of para-hydroxylation sites is 1. The van der Waals surface area contributed by atoms with E-state index >= 15 is 0 Å². The first-order valence-electron chi connectivity index (χ1n) is 12.4. The van der Waals surface area contributed by atoms with Crippen LogP contribution in [0.4, 0.5) is 0 Å². The van der Waals surface area contributed by atoms with E-state index < -0.39 is 17.8 Å². The maximum atomic E-state index is 12.8. The lowest BCUT2D eigenvalue weighted by Gasteiger charge is -2.13. The Morgan fingerprint density at radius 3 is 2.56 bits per heavy atom. The Morgan fingerprint density at radius 2 is 1.79 bits per heavy atom. The number of methoxy groups -OCH3 is 1. The lowest BCUT2D eigenvalue weighted by molar-refractivity contribution is -0.142. The molecule has 0 aliphatic heterocycles. The van der Waals surface area contributed by atoms with Crippen LogP contribution in [0.5, 0.6) is 0 Å². The van der Waals surface area contributed by atoms with Gasteiger partial charge in [-0.1, -0.05) is 30.3 Å². The van der Waals surface area contributed by atoms with Gasteiger partial charge in [-0.25, -0.2) is 0 Å². The van der Waals surface area contributed by atoms with Crippen LogP contribution in [0, 0.1) is 0 Å². The quantitative estimate of drug-likeness (QED) is 0.279. The van der Waals surface area contributed by atoms with E-state index in [-0.39, 0.29) is 19.6 Å². The van der Waals surface area contributed by atoms with E-state index in [0.29, 0.717) is 23.5 Å². The molecule has 39 heavy (non-hydrogen) atoms. The molecular formula is C28H26N6O5. The predicted molar refractivity (Wildman–Crippen MR) is 143 cm³/mol. The third-order valence-electron chi connectivity index (χ3n) is 6.39. The molecule has 0 spiro atoms. The molecule has 0 aliphatic rings. The zero-order chi connectivity index (χ0) is 27.4. The van der Waals surface area contributed by atoms with Crippen LogP contribution in [0.2, 0.25) is 0 Å². The number of aromatic amines is 1. The predicted octanol–water partition coefficient (Wildman–Crippen LogP) is 3.03. The standard InChI is InChI=1S/C28H26N6O5/c1-3-39-25(35)14-19-12-17(8-10-20(19)28(37)29-15-26(36)38-2)16-34-23-7-5-4-6-21(23)22-13-18(9-11-24(22)34)27-30-32-33-31-27/h4-13H,3,14-16H2,1-2H3,(H,29,37)(H,30,31,32,33). The number of rotatable bonds is 9. The van der Waals surface area contributed by atoms with Gasteiger partial charge >= 0.3 is 11.9 Å². The molecule has 0 radical (unpaired) electrons. The molecule has 1 amide bonds. The number of carbonyl (C=O) groups excluding carboxylic acids is 3. The average molecular weight is 527 g/mol. The van der Waals surface area contributed by atoms with Crippen LogP contribution in [0.1, 0.15) is 28.4 Å². The fourth-order valence-corrected chi connectivity index (χ4v) is 4.63. The highest BCUT2D eigenvalue weighted by molar-refractivity contribution is 6.09. The Labute approximate surface area is 223 Å². The second kappa shape index (κ2) is 11.1. The fraction of sp³-hybridized carbons (Fsp3) is 0.214. The third-order valence-corrected chi connectivity index (χ3v) is 6.39. The summed E-state index contributed by atoms with van der Waals surface area (Å²) >= 11 is 0. The van der Waals surface area contributed by atoms with Crippen molar-refractivity contribution in [3.8, 4) is 11.4 Å². The molecule has 0 aliphatic carbocycles. The van der Waals surface area contributed by atoms with Crippen LogP contribution in [0.25, 0.3) is 33.2 Å². The number of nitrogens with zero attached hydrogens (tertiary/aromatic N) is 4. The molecule has 0 bridgehead atoms. The molecular weight excluding hydrogens is 500 g/mol. The number of carbonyl (C=O) groups is 3. The SMILES string of the molecule is CCOC(=O)Cc1cc(Cn2c3ccccc3c3cc(-c4nn[nH]n4)ccc32)ccc1C(=O)NCC(=O)OC. The molecule has 0 saturated carbocycles. The molecule has 0 atom stereocenters. The van der Waals surface area contributed by atoms with Crippen molar-refractivity contribution in [3.63, 3.8) is 0 Å². The molecule has 2 heterocycles. The van der Waals surface area contributed by atoms with Crippen LogP contribution < -0.4 is 5.32 Å². The molecule has 2 aromatic heterocycles. The van der Waals surface area contributed by atoms with Gasteiger partial charge in [-0.15, -0.1) is 10.2 Å². The van der Waals surface area contributed by atoms with Crippen molar-refractivity contribution in [2.45, 2.75) is 19.9 Å². The molecule has 11 nitrogen and oxygen atoms in total. The Morgan fingerprint density at radius 1 is 0.974 bits per heavy atom. The Balaban J connectivity index is 1.53. The van der Waals surface area contributed by atoms with Crippen molar-refractivity contribution in [2.75, 3.05) is 20.3 Å². The molecule has 198 valence electrons. The van der Waals surface area contributed by atoms with E-state index in [4.69, 9.17) is 4.74 Å². The first-order chi connectivity index (χ1) is 19.0. The maximum Gasteiger partial charge on any atom is 0.325 e. The molecule has 5 aromatic rings. The molecule has 0 fully saturated rings. The van der Waals surface area contributed by atoms with Gasteiger partial charge in [-0.2, -0.15) is 5.21 Å². The first kappa shape index (κ1) is 25.6. The van der Waals surface area contributed by atoms with Gasteiger partial charge in [-0.05, 0) is 53.6 Å². The van der Waals surface area contributed by atoms with Gasteiger partial charge in [0.05, 0.1) is 20.1 Å². The van der Waals surface area contributed by atoms with Crippen molar-refractivity contribution in [2.24, 2.45) is 0 Å². The van der Waals surface area contributed by atoms with E-state index in [1.54, 1.807) is 13.0 Å². The smallest absolute Gasteiger partial charge is 0.325 e. The highest BCUT2D eigenvalue weighted by atomic mass is 16.5. The second-order valence-electron chi connectivity index (χ2n) is 8.80. The van der Waals surface area contributed by atoms with Crippen molar-refractivity contribution >= 4 is 39.7 Å².